The Morgan fingerprint density at radius 3 is 2.25 bits per heavy atom. The van der Waals surface area contributed by atoms with Crippen molar-refractivity contribution in [2.45, 2.75) is 32.0 Å². The summed E-state index contributed by atoms with van der Waals surface area (Å²) in [7, 11) is 0. The number of rotatable bonds is 4. The molecule has 2 unspecified atom stereocenters. The van der Waals surface area contributed by atoms with Crippen LogP contribution in [-0.4, -0.2) is 18.1 Å². The maximum absolute atomic E-state index is 12.1. The van der Waals surface area contributed by atoms with E-state index in [-0.39, 0.29) is 17.8 Å². The smallest absolute Gasteiger partial charge is 0.406 e. The van der Waals surface area contributed by atoms with Crippen molar-refractivity contribution in [3.63, 3.8) is 0 Å². The molecular formula is C15H17F3O2. The molecule has 5 heteroatoms. The molecule has 2 fully saturated rings. The van der Waals surface area contributed by atoms with E-state index in [0.717, 1.165) is 36.7 Å². The van der Waals surface area contributed by atoms with Gasteiger partial charge in [0, 0.05) is 6.61 Å². The largest absolute Gasteiger partial charge is 0.573 e. The summed E-state index contributed by atoms with van der Waals surface area (Å²) in [5.74, 6) is 1.32. The third kappa shape index (κ3) is 2.92. The van der Waals surface area contributed by atoms with Gasteiger partial charge in [-0.2, -0.15) is 0 Å². The number of halogens is 3. The monoisotopic (exact) mass is 286 g/mol. The van der Waals surface area contributed by atoms with Crippen molar-refractivity contribution in [1.82, 2.24) is 0 Å². The van der Waals surface area contributed by atoms with Gasteiger partial charge in [-0.1, -0.05) is 12.1 Å². The molecule has 0 bridgehead atoms. The molecular weight excluding hydrogens is 269 g/mol. The number of hydrogen-bond acceptors (Lipinski definition) is 2. The molecule has 0 aliphatic heterocycles. The fraction of sp³-hybridized carbons (Fsp3) is 0.600. The lowest BCUT2D eigenvalue weighted by atomic mass is 9.78. The van der Waals surface area contributed by atoms with Gasteiger partial charge in [-0.15, -0.1) is 13.2 Å². The molecule has 0 aromatic heterocycles. The van der Waals surface area contributed by atoms with Gasteiger partial charge in [0.15, 0.2) is 0 Å². The summed E-state index contributed by atoms with van der Waals surface area (Å²) in [6, 6.07) is 5.98. The zero-order valence-corrected chi connectivity index (χ0v) is 11.0. The van der Waals surface area contributed by atoms with E-state index >= 15 is 0 Å². The molecule has 2 atom stereocenters. The number of aliphatic hydroxyl groups excluding tert-OH is 1. The van der Waals surface area contributed by atoms with E-state index in [4.69, 9.17) is 0 Å². The number of alkyl halides is 3. The van der Waals surface area contributed by atoms with Crippen LogP contribution in [0.4, 0.5) is 13.2 Å². The van der Waals surface area contributed by atoms with Crippen molar-refractivity contribution < 1.29 is 23.0 Å². The number of benzene rings is 1. The van der Waals surface area contributed by atoms with Gasteiger partial charge < -0.3 is 9.84 Å². The van der Waals surface area contributed by atoms with Crippen molar-refractivity contribution in [1.29, 1.82) is 0 Å². The van der Waals surface area contributed by atoms with Crippen LogP contribution in [-0.2, 0) is 6.42 Å². The predicted molar refractivity (Wildman–Crippen MR) is 67.2 cm³/mol. The first-order valence-electron chi connectivity index (χ1n) is 6.85. The first kappa shape index (κ1) is 13.7. The van der Waals surface area contributed by atoms with Crippen LogP contribution < -0.4 is 4.74 Å². The lowest BCUT2D eigenvalue weighted by Crippen LogP contribution is -2.26. The summed E-state index contributed by atoms with van der Waals surface area (Å²) in [5, 5.41) is 9.65. The zero-order valence-electron chi connectivity index (χ0n) is 11.0. The van der Waals surface area contributed by atoms with Crippen LogP contribution >= 0.6 is 0 Å². The molecule has 0 heterocycles. The van der Waals surface area contributed by atoms with Crippen LogP contribution in [0, 0.1) is 17.3 Å². The van der Waals surface area contributed by atoms with Crippen molar-refractivity contribution in [2.24, 2.45) is 17.3 Å². The van der Waals surface area contributed by atoms with Crippen molar-refractivity contribution in [2.75, 3.05) is 6.61 Å². The summed E-state index contributed by atoms with van der Waals surface area (Å²) >= 11 is 0. The first-order chi connectivity index (χ1) is 9.39. The van der Waals surface area contributed by atoms with Gasteiger partial charge in [0.25, 0.3) is 0 Å². The van der Waals surface area contributed by atoms with Crippen molar-refractivity contribution >= 4 is 0 Å². The summed E-state index contributed by atoms with van der Waals surface area (Å²) in [6.45, 7) is 0.154. The van der Waals surface area contributed by atoms with Gasteiger partial charge in [0.1, 0.15) is 5.75 Å². The molecule has 3 rings (SSSR count). The molecule has 2 aliphatic rings. The maximum atomic E-state index is 12.1. The summed E-state index contributed by atoms with van der Waals surface area (Å²) in [5.41, 5.74) is 0.884. The van der Waals surface area contributed by atoms with Gasteiger partial charge in [0.2, 0.25) is 0 Å². The second-order valence-electron chi connectivity index (χ2n) is 6.19. The Labute approximate surface area is 115 Å². The van der Waals surface area contributed by atoms with Crippen molar-refractivity contribution in [3.8, 4) is 5.75 Å². The quantitative estimate of drug-likeness (QED) is 0.917. The second kappa shape index (κ2) is 4.65. The molecule has 1 aromatic carbocycles. The minimum absolute atomic E-state index is 0.0695. The highest BCUT2D eigenvalue weighted by atomic mass is 19.4. The normalized spacial score (nSPS) is 32.0. The third-order valence-corrected chi connectivity index (χ3v) is 4.53. The van der Waals surface area contributed by atoms with Crippen LogP contribution in [0.15, 0.2) is 24.3 Å². The minimum atomic E-state index is -4.65. The van der Waals surface area contributed by atoms with E-state index in [0.29, 0.717) is 0 Å². The maximum Gasteiger partial charge on any atom is 0.573 e. The average Bonchev–Trinajstić information content (AvgIpc) is 2.98. The summed E-state index contributed by atoms with van der Waals surface area (Å²) < 4.78 is 40.1. The number of hydrogen-bond donors (Lipinski definition) is 1. The van der Waals surface area contributed by atoms with E-state index in [1.807, 2.05) is 0 Å². The molecule has 2 saturated carbocycles. The number of ether oxygens (including phenoxy) is 1. The Bertz CT molecular complexity index is 471. The Morgan fingerprint density at radius 2 is 1.75 bits per heavy atom. The van der Waals surface area contributed by atoms with Gasteiger partial charge >= 0.3 is 6.36 Å². The summed E-state index contributed by atoms with van der Waals surface area (Å²) in [4.78, 5) is 0. The molecule has 1 aromatic rings. The molecule has 2 aliphatic carbocycles. The average molecular weight is 286 g/mol. The molecule has 0 amide bonds. The van der Waals surface area contributed by atoms with Crippen LogP contribution in [0.1, 0.15) is 24.8 Å². The summed E-state index contributed by atoms with van der Waals surface area (Å²) in [6.07, 6.45) is -0.576. The molecule has 2 nitrogen and oxygen atoms in total. The second-order valence-corrected chi connectivity index (χ2v) is 6.19. The fourth-order valence-corrected chi connectivity index (χ4v) is 3.58. The first-order valence-corrected chi connectivity index (χ1v) is 6.85. The lowest BCUT2D eigenvalue weighted by Gasteiger charge is -2.28. The Hall–Kier alpha value is -1.23. The number of aliphatic hydroxyl groups is 1. The Kier molecular flexibility index (Phi) is 3.20. The molecule has 0 spiro atoms. The standard InChI is InChI=1S/C15H17F3O2/c16-15(17,18)20-13-3-1-10(2-4-13)6-14(9-19)7-11-5-12(11)8-14/h1-4,11-12,19H,5-9H2. The topological polar surface area (TPSA) is 29.5 Å². The molecule has 110 valence electrons. The van der Waals surface area contributed by atoms with E-state index in [2.05, 4.69) is 4.74 Å². The van der Waals surface area contributed by atoms with Gasteiger partial charge in [-0.05, 0) is 60.6 Å². The molecule has 20 heavy (non-hydrogen) atoms. The van der Waals surface area contributed by atoms with Crippen LogP contribution in [0.3, 0.4) is 0 Å². The SMILES string of the molecule is OCC1(Cc2ccc(OC(F)(F)F)cc2)CC2CC2C1. The Balaban J connectivity index is 1.66. The lowest BCUT2D eigenvalue weighted by molar-refractivity contribution is -0.274. The third-order valence-electron chi connectivity index (χ3n) is 4.53. The zero-order chi connectivity index (χ0) is 14.4. The van der Waals surface area contributed by atoms with E-state index < -0.39 is 6.36 Å². The highest BCUT2D eigenvalue weighted by Gasteiger charge is 2.53. The number of fused-ring (bicyclic) bond motifs is 1. The minimum Gasteiger partial charge on any atom is -0.406 e. The van der Waals surface area contributed by atoms with E-state index in [9.17, 15) is 18.3 Å². The fourth-order valence-electron chi connectivity index (χ4n) is 3.58. The van der Waals surface area contributed by atoms with E-state index in [1.165, 1.54) is 18.6 Å². The van der Waals surface area contributed by atoms with Crippen LogP contribution in [0.2, 0.25) is 0 Å². The van der Waals surface area contributed by atoms with Crippen LogP contribution in [0.5, 0.6) is 5.75 Å². The predicted octanol–water partition coefficient (Wildman–Crippen LogP) is 3.54. The highest BCUT2D eigenvalue weighted by molar-refractivity contribution is 5.28. The highest BCUT2D eigenvalue weighted by Crippen LogP contribution is 2.60. The van der Waals surface area contributed by atoms with Gasteiger partial charge in [-0.3, -0.25) is 0 Å². The van der Waals surface area contributed by atoms with Crippen molar-refractivity contribution in [3.05, 3.63) is 29.8 Å². The van der Waals surface area contributed by atoms with Crippen LogP contribution in [0.25, 0.3) is 0 Å². The molecule has 0 saturated heterocycles. The van der Waals surface area contributed by atoms with Gasteiger partial charge in [-0.25, -0.2) is 0 Å². The van der Waals surface area contributed by atoms with E-state index in [1.54, 1.807) is 12.1 Å². The Morgan fingerprint density at radius 1 is 1.15 bits per heavy atom. The molecule has 0 radical (unpaired) electrons. The van der Waals surface area contributed by atoms with Gasteiger partial charge in [0.05, 0.1) is 0 Å². The molecule has 1 N–H and O–H groups in total.